The molecular weight excluding hydrogens is 192 g/mol. The second-order valence-corrected chi connectivity index (χ2v) is 3.87. The van der Waals surface area contributed by atoms with Crippen molar-refractivity contribution in [3.05, 3.63) is 35.4 Å². The van der Waals surface area contributed by atoms with Crippen LogP contribution >= 0.6 is 0 Å². The van der Waals surface area contributed by atoms with Gasteiger partial charge in [0, 0.05) is 0 Å². The summed E-state index contributed by atoms with van der Waals surface area (Å²) < 4.78 is 10.5. The molecule has 3 nitrogen and oxygen atoms in total. The maximum atomic E-state index is 9.90. The van der Waals surface area contributed by atoms with E-state index >= 15 is 0 Å². The highest BCUT2D eigenvalue weighted by Crippen LogP contribution is 2.18. The Morgan fingerprint density at radius 2 is 2.20 bits per heavy atom. The van der Waals surface area contributed by atoms with E-state index in [-0.39, 0.29) is 6.10 Å². The van der Waals surface area contributed by atoms with E-state index in [9.17, 15) is 5.11 Å². The molecule has 3 heteroatoms. The number of rotatable bonds is 4. The molecule has 1 atom stereocenters. The van der Waals surface area contributed by atoms with Crippen LogP contribution in [0, 0.1) is 6.92 Å². The van der Waals surface area contributed by atoms with Crippen LogP contribution < -0.4 is 0 Å². The summed E-state index contributed by atoms with van der Waals surface area (Å²) in [7, 11) is 0. The second kappa shape index (κ2) is 4.75. The molecule has 0 aliphatic carbocycles. The van der Waals surface area contributed by atoms with Gasteiger partial charge in [-0.25, -0.2) is 0 Å². The third-order valence-corrected chi connectivity index (χ3v) is 2.64. The van der Waals surface area contributed by atoms with Crippen molar-refractivity contribution in [3.8, 4) is 0 Å². The average molecular weight is 208 g/mol. The topological polar surface area (TPSA) is 38.7 Å². The van der Waals surface area contributed by atoms with Crippen molar-refractivity contribution in [2.45, 2.75) is 19.1 Å². The Balaban J connectivity index is 1.89. The van der Waals surface area contributed by atoms with Gasteiger partial charge in [0.15, 0.2) is 0 Å². The summed E-state index contributed by atoms with van der Waals surface area (Å²) in [6.45, 7) is 3.64. The van der Waals surface area contributed by atoms with Gasteiger partial charge in [0.25, 0.3) is 0 Å². The van der Waals surface area contributed by atoms with E-state index in [0.717, 1.165) is 11.1 Å². The number of aliphatic hydroxyl groups excluding tert-OH is 1. The van der Waals surface area contributed by atoms with Gasteiger partial charge in [0.1, 0.15) is 12.2 Å². The molecular formula is C12H16O3. The third-order valence-electron chi connectivity index (χ3n) is 2.64. The van der Waals surface area contributed by atoms with Gasteiger partial charge >= 0.3 is 0 Å². The van der Waals surface area contributed by atoms with Crippen LogP contribution in [0.3, 0.4) is 0 Å². The van der Waals surface area contributed by atoms with Crippen LogP contribution in [0.2, 0.25) is 0 Å². The van der Waals surface area contributed by atoms with Gasteiger partial charge in [-0.05, 0) is 18.1 Å². The van der Waals surface area contributed by atoms with E-state index in [2.05, 4.69) is 0 Å². The number of aryl methyl sites for hydroxylation is 1. The minimum absolute atomic E-state index is 0.170. The third kappa shape index (κ3) is 2.56. The zero-order chi connectivity index (χ0) is 10.7. The number of hydrogen-bond acceptors (Lipinski definition) is 3. The minimum Gasteiger partial charge on any atom is -0.386 e. The predicted molar refractivity (Wildman–Crippen MR) is 56.7 cm³/mol. The summed E-state index contributed by atoms with van der Waals surface area (Å²) >= 11 is 0. The number of hydrogen-bond donors (Lipinski definition) is 1. The largest absolute Gasteiger partial charge is 0.386 e. The van der Waals surface area contributed by atoms with E-state index in [1.165, 1.54) is 0 Å². The molecule has 0 saturated carbocycles. The molecule has 1 aromatic rings. The van der Waals surface area contributed by atoms with Gasteiger partial charge in [0.05, 0.1) is 19.8 Å². The van der Waals surface area contributed by atoms with Gasteiger partial charge in [-0.15, -0.1) is 0 Å². The van der Waals surface area contributed by atoms with Gasteiger partial charge < -0.3 is 14.6 Å². The number of ether oxygens (including phenoxy) is 2. The first kappa shape index (κ1) is 10.6. The molecule has 1 unspecified atom stereocenters. The molecule has 1 saturated heterocycles. The van der Waals surface area contributed by atoms with Crippen molar-refractivity contribution >= 4 is 0 Å². The lowest BCUT2D eigenvalue weighted by Crippen LogP contribution is -2.37. The van der Waals surface area contributed by atoms with Crippen LogP contribution in [0.15, 0.2) is 24.3 Å². The highest BCUT2D eigenvalue weighted by molar-refractivity contribution is 5.27. The van der Waals surface area contributed by atoms with E-state index in [1.54, 1.807) is 0 Å². The molecule has 0 radical (unpaired) electrons. The molecule has 1 aliphatic heterocycles. The zero-order valence-corrected chi connectivity index (χ0v) is 8.85. The Labute approximate surface area is 89.6 Å². The smallest absolute Gasteiger partial charge is 0.104 e. The van der Waals surface area contributed by atoms with Crippen molar-refractivity contribution in [2.75, 3.05) is 19.8 Å². The van der Waals surface area contributed by atoms with Crippen LogP contribution in [0.4, 0.5) is 0 Å². The lowest BCUT2D eigenvalue weighted by atomic mass is 10.0. The van der Waals surface area contributed by atoms with Crippen molar-refractivity contribution in [3.63, 3.8) is 0 Å². The highest BCUT2D eigenvalue weighted by Gasteiger charge is 2.20. The maximum Gasteiger partial charge on any atom is 0.104 e. The van der Waals surface area contributed by atoms with Crippen LogP contribution in [-0.2, 0) is 9.47 Å². The number of aliphatic hydroxyl groups is 1. The second-order valence-electron chi connectivity index (χ2n) is 3.87. The van der Waals surface area contributed by atoms with E-state index < -0.39 is 6.10 Å². The summed E-state index contributed by atoms with van der Waals surface area (Å²) in [4.78, 5) is 0. The van der Waals surface area contributed by atoms with Crippen LogP contribution in [0.5, 0.6) is 0 Å². The Bertz CT molecular complexity index is 320. The molecule has 1 aromatic carbocycles. The predicted octanol–water partition coefficient (Wildman–Crippen LogP) is 1.44. The summed E-state index contributed by atoms with van der Waals surface area (Å²) in [5, 5.41) is 9.90. The molecule has 15 heavy (non-hydrogen) atoms. The molecule has 0 amide bonds. The normalized spacial score (nSPS) is 18.5. The SMILES string of the molecule is Cc1ccccc1C(O)COC1COC1. The molecule has 0 spiro atoms. The standard InChI is InChI=1S/C12H16O3/c1-9-4-2-3-5-11(9)12(13)8-15-10-6-14-7-10/h2-5,10,12-13H,6-8H2,1H3. The number of benzene rings is 1. The molecule has 1 fully saturated rings. The summed E-state index contributed by atoms with van der Waals surface area (Å²) in [5.74, 6) is 0. The zero-order valence-electron chi connectivity index (χ0n) is 8.85. The highest BCUT2D eigenvalue weighted by atomic mass is 16.6. The fourth-order valence-corrected chi connectivity index (χ4v) is 1.59. The summed E-state index contributed by atoms with van der Waals surface area (Å²) in [6.07, 6.45) is -0.365. The van der Waals surface area contributed by atoms with Crippen molar-refractivity contribution < 1.29 is 14.6 Å². The minimum atomic E-state index is -0.535. The van der Waals surface area contributed by atoms with Gasteiger partial charge in [-0.2, -0.15) is 0 Å². The van der Waals surface area contributed by atoms with Crippen molar-refractivity contribution in [2.24, 2.45) is 0 Å². The van der Waals surface area contributed by atoms with Crippen LogP contribution in [-0.4, -0.2) is 31.0 Å². The molecule has 82 valence electrons. The maximum absolute atomic E-state index is 9.90. The summed E-state index contributed by atoms with van der Waals surface area (Å²) in [5.41, 5.74) is 2.04. The van der Waals surface area contributed by atoms with E-state index in [4.69, 9.17) is 9.47 Å². The van der Waals surface area contributed by atoms with Crippen molar-refractivity contribution in [1.82, 2.24) is 0 Å². The summed E-state index contributed by atoms with van der Waals surface area (Å²) in [6, 6.07) is 7.82. The monoisotopic (exact) mass is 208 g/mol. The van der Waals surface area contributed by atoms with Gasteiger partial charge in [-0.1, -0.05) is 24.3 Å². The van der Waals surface area contributed by atoms with Gasteiger partial charge in [0.2, 0.25) is 0 Å². The molecule has 1 aliphatic rings. The van der Waals surface area contributed by atoms with Crippen molar-refractivity contribution in [1.29, 1.82) is 0 Å². The first-order valence-electron chi connectivity index (χ1n) is 5.20. The Morgan fingerprint density at radius 3 is 2.80 bits per heavy atom. The Hall–Kier alpha value is -0.900. The fraction of sp³-hybridized carbons (Fsp3) is 0.500. The molecule has 0 bridgehead atoms. The molecule has 0 aromatic heterocycles. The van der Waals surface area contributed by atoms with Crippen LogP contribution in [0.25, 0.3) is 0 Å². The van der Waals surface area contributed by atoms with E-state index in [0.29, 0.717) is 19.8 Å². The quantitative estimate of drug-likeness (QED) is 0.813. The average Bonchev–Trinajstić information content (AvgIpc) is 2.16. The lowest BCUT2D eigenvalue weighted by Gasteiger charge is -2.27. The molecule has 1 N–H and O–H groups in total. The molecule has 1 heterocycles. The first-order valence-corrected chi connectivity index (χ1v) is 5.20. The lowest BCUT2D eigenvalue weighted by molar-refractivity contribution is -0.143. The van der Waals surface area contributed by atoms with Crippen LogP contribution in [0.1, 0.15) is 17.2 Å². The first-order chi connectivity index (χ1) is 7.27. The Morgan fingerprint density at radius 1 is 1.47 bits per heavy atom. The fourth-order valence-electron chi connectivity index (χ4n) is 1.59. The molecule has 2 rings (SSSR count). The van der Waals surface area contributed by atoms with Gasteiger partial charge in [-0.3, -0.25) is 0 Å². The Kier molecular flexibility index (Phi) is 3.36. The van der Waals surface area contributed by atoms with E-state index in [1.807, 2.05) is 31.2 Å².